The molecule has 3 nitrogen and oxygen atoms in total. The number of hydrogen-bond acceptors (Lipinski definition) is 3. The van der Waals surface area contributed by atoms with E-state index < -0.39 is 10.3 Å². The number of hydrogen-bond donors (Lipinski definition) is 0. The average molecular weight is 340 g/mol. The third-order valence-electron chi connectivity index (χ3n) is 4.72. The fourth-order valence-electron chi connectivity index (χ4n) is 2.32. The highest BCUT2D eigenvalue weighted by atomic mass is 32.3. The Labute approximate surface area is 143 Å². The number of rotatable bonds is 7. The lowest BCUT2D eigenvalue weighted by Crippen LogP contribution is -2.54. The lowest BCUT2D eigenvalue weighted by atomic mass is 10.1. The SMILES string of the molecule is Cc1ccc(OC2CN(CCCOS(C)(C)C(C)(C)C)C2)cc1. The molecule has 1 aliphatic heterocycles. The van der Waals surface area contributed by atoms with Crippen molar-refractivity contribution in [3.8, 4) is 5.75 Å². The van der Waals surface area contributed by atoms with Crippen LogP contribution in [0.5, 0.6) is 5.75 Å². The minimum absolute atomic E-state index is 0.247. The molecule has 0 spiro atoms. The van der Waals surface area contributed by atoms with Gasteiger partial charge in [0.2, 0.25) is 0 Å². The van der Waals surface area contributed by atoms with E-state index in [1.54, 1.807) is 0 Å². The minimum atomic E-state index is -0.983. The van der Waals surface area contributed by atoms with Crippen molar-refractivity contribution in [3.63, 3.8) is 0 Å². The summed E-state index contributed by atoms with van der Waals surface area (Å²) in [6.45, 7) is 12.9. The molecule has 0 saturated carbocycles. The zero-order valence-corrected chi connectivity index (χ0v) is 16.4. The number of aryl methyl sites for hydroxylation is 1. The van der Waals surface area contributed by atoms with Crippen LogP contribution in [-0.2, 0) is 4.18 Å². The lowest BCUT2D eigenvalue weighted by Gasteiger charge is -2.44. The van der Waals surface area contributed by atoms with Crippen LogP contribution in [0.1, 0.15) is 32.8 Å². The van der Waals surface area contributed by atoms with Gasteiger partial charge < -0.3 is 8.92 Å². The molecule has 4 heteroatoms. The molecule has 0 amide bonds. The second-order valence-electron chi connectivity index (χ2n) is 7.83. The molecule has 1 saturated heterocycles. The molecular weight excluding hydrogens is 306 g/mol. The molecule has 0 unspecified atom stereocenters. The van der Waals surface area contributed by atoms with Crippen molar-refractivity contribution in [2.75, 3.05) is 38.8 Å². The van der Waals surface area contributed by atoms with Crippen LogP contribution >= 0.6 is 10.3 Å². The molecule has 1 aromatic carbocycles. The molecule has 23 heavy (non-hydrogen) atoms. The predicted octanol–water partition coefficient (Wildman–Crippen LogP) is 4.24. The zero-order valence-electron chi connectivity index (χ0n) is 15.6. The molecule has 1 aliphatic rings. The van der Waals surface area contributed by atoms with Crippen LogP contribution in [0.2, 0.25) is 0 Å². The quantitative estimate of drug-likeness (QED) is 0.694. The molecular formula is C19H33NO2S. The van der Waals surface area contributed by atoms with Crippen molar-refractivity contribution in [2.45, 2.75) is 45.0 Å². The Morgan fingerprint density at radius 3 is 2.30 bits per heavy atom. The Balaban J connectivity index is 1.59. The topological polar surface area (TPSA) is 21.7 Å². The molecule has 0 atom stereocenters. The van der Waals surface area contributed by atoms with E-state index >= 15 is 0 Å². The Hall–Kier alpha value is -0.710. The van der Waals surface area contributed by atoms with E-state index in [0.717, 1.165) is 38.4 Å². The standard InChI is InChI=1S/C19H33NO2S/c1-16-8-10-17(11-9-16)22-18-14-20(15-18)12-7-13-21-23(5,6)19(2,3)4/h8-11,18H,7,12-15H2,1-6H3. The summed E-state index contributed by atoms with van der Waals surface area (Å²) in [6, 6.07) is 8.32. The van der Waals surface area contributed by atoms with E-state index in [-0.39, 0.29) is 4.75 Å². The summed E-state index contributed by atoms with van der Waals surface area (Å²) in [7, 11) is -0.983. The molecule has 0 bridgehead atoms. The van der Waals surface area contributed by atoms with Gasteiger partial charge in [0.25, 0.3) is 0 Å². The molecule has 1 heterocycles. The van der Waals surface area contributed by atoms with E-state index in [4.69, 9.17) is 8.92 Å². The monoisotopic (exact) mass is 339 g/mol. The fourth-order valence-corrected chi connectivity index (χ4v) is 3.21. The van der Waals surface area contributed by atoms with Crippen molar-refractivity contribution < 1.29 is 8.92 Å². The molecule has 0 aromatic heterocycles. The first kappa shape index (κ1) is 18.6. The smallest absolute Gasteiger partial charge is 0.124 e. The molecule has 0 N–H and O–H groups in total. The zero-order chi connectivity index (χ0) is 17.1. The molecule has 2 rings (SSSR count). The second kappa shape index (κ2) is 7.45. The summed E-state index contributed by atoms with van der Waals surface area (Å²) in [4.78, 5) is 2.45. The van der Waals surface area contributed by atoms with Gasteiger partial charge in [-0.3, -0.25) is 4.90 Å². The van der Waals surface area contributed by atoms with E-state index in [9.17, 15) is 0 Å². The van der Waals surface area contributed by atoms with Crippen molar-refractivity contribution in [1.82, 2.24) is 4.90 Å². The van der Waals surface area contributed by atoms with E-state index in [0.29, 0.717) is 6.10 Å². The lowest BCUT2D eigenvalue weighted by molar-refractivity contribution is 0.0176. The van der Waals surface area contributed by atoms with Crippen LogP contribution in [0.3, 0.4) is 0 Å². The first-order chi connectivity index (χ1) is 10.7. The summed E-state index contributed by atoms with van der Waals surface area (Å²) in [6.07, 6.45) is 5.98. The van der Waals surface area contributed by atoms with Crippen LogP contribution in [0.15, 0.2) is 24.3 Å². The Kier molecular flexibility index (Phi) is 6.04. The van der Waals surface area contributed by atoms with Crippen molar-refractivity contribution in [3.05, 3.63) is 29.8 Å². The van der Waals surface area contributed by atoms with Crippen LogP contribution < -0.4 is 4.74 Å². The number of likely N-dealkylation sites (tertiary alicyclic amines) is 1. The predicted molar refractivity (Wildman–Crippen MR) is 102 cm³/mol. The van der Waals surface area contributed by atoms with E-state index in [1.165, 1.54) is 5.56 Å². The average Bonchev–Trinajstić information content (AvgIpc) is 2.41. The van der Waals surface area contributed by atoms with Crippen LogP contribution in [0, 0.1) is 6.92 Å². The van der Waals surface area contributed by atoms with Gasteiger partial charge in [0.15, 0.2) is 0 Å². The summed E-state index contributed by atoms with van der Waals surface area (Å²) in [5.74, 6) is 0.985. The van der Waals surface area contributed by atoms with Gasteiger partial charge in [-0.05, 0) is 38.0 Å². The van der Waals surface area contributed by atoms with Gasteiger partial charge in [0.05, 0.1) is 6.61 Å². The molecule has 1 aromatic rings. The highest BCUT2D eigenvalue weighted by molar-refractivity contribution is 8.29. The highest BCUT2D eigenvalue weighted by Gasteiger charge is 2.30. The van der Waals surface area contributed by atoms with Gasteiger partial charge in [0.1, 0.15) is 11.9 Å². The van der Waals surface area contributed by atoms with Gasteiger partial charge >= 0.3 is 0 Å². The Morgan fingerprint density at radius 2 is 1.74 bits per heavy atom. The summed E-state index contributed by atoms with van der Waals surface area (Å²) >= 11 is 0. The summed E-state index contributed by atoms with van der Waals surface area (Å²) in [5, 5.41) is 0. The van der Waals surface area contributed by atoms with Crippen molar-refractivity contribution in [2.24, 2.45) is 0 Å². The second-order valence-corrected chi connectivity index (χ2v) is 11.8. The van der Waals surface area contributed by atoms with Crippen LogP contribution in [0.25, 0.3) is 0 Å². The van der Waals surface area contributed by atoms with Gasteiger partial charge in [0, 0.05) is 24.4 Å². The minimum Gasteiger partial charge on any atom is -0.488 e. The molecule has 132 valence electrons. The van der Waals surface area contributed by atoms with Crippen molar-refractivity contribution in [1.29, 1.82) is 0 Å². The van der Waals surface area contributed by atoms with Crippen LogP contribution in [0.4, 0.5) is 0 Å². The number of ether oxygens (including phenoxy) is 1. The highest BCUT2D eigenvalue weighted by Crippen LogP contribution is 2.53. The maximum absolute atomic E-state index is 6.17. The molecule has 1 fully saturated rings. The van der Waals surface area contributed by atoms with Gasteiger partial charge in [-0.2, -0.15) is 0 Å². The largest absolute Gasteiger partial charge is 0.488 e. The molecule has 0 radical (unpaired) electrons. The Morgan fingerprint density at radius 1 is 1.13 bits per heavy atom. The normalized spacial score (nSPS) is 17.8. The fraction of sp³-hybridized carbons (Fsp3) is 0.684. The maximum atomic E-state index is 6.17. The third kappa shape index (κ3) is 5.40. The van der Waals surface area contributed by atoms with Gasteiger partial charge in [-0.25, -0.2) is 0 Å². The van der Waals surface area contributed by atoms with E-state index in [2.05, 4.69) is 69.4 Å². The van der Waals surface area contributed by atoms with E-state index in [1.807, 2.05) is 0 Å². The van der Waals surface area contributed by atoms with Gasteiger partial charge in [-0.15, -0.1) is 10.3 Å². The number of nitrogens with zero attached hydrogens (tertiary/aromatic N) is 1. The number of benzene rings is 1. The maximum Gasteiger partial charge on any atom is 0.124 e. The Bertz CT molecular complexity index is 487. The first-order valence-electron chi connectivity index (χ1n) is 8.50. The first-order valence-corrected chi connectivity index (χ1v) is 10.9. The summed E-state index contributed by atoms with van der Waals surface area (Å²) in [5.41, 5.74) is 1.27. The third-order valence-corrected chi connectivity index (χ3v) is 8.42. The van der Waals surface area contributed by atoms with Gasteiger partial charge in [-0.1, -0.05) is 38.5 Å². The van der Waals surface area contributed by atoms with Crippen molar-refractivity contribution >= 4 is 10.3 Å². The van der Waals surface area contributed by atoms with Crippen LogP contribution in [-0.4, -0.2) is 54.5 Å². The summed E-state index contributed by atoms with van der Waals surface area (Å²) < 4.78 is 12.4. The molecule has 0 aliphatic carbocycles.